The summed E-state index contributed by atoms with van der Waals surface area (Å²) in [7, 11) is -3.46. The number of benzene rings is 1. The Bertz CT molecular complexity index is 599. The zero-order valence-electron chi connectivity index (χ0n) is 11.7. The van der Waals surface area contributed by atoms with Crippen molar-refractivity contribution in [3.05, 3.63) is 27.7 Å². The minimum atomic E-state index is -3.46. The van der Waals surface area contributed by atoms with Gasteiger partial charge in [-0.1, -0.05) is 13.0 Å². The van der Waals surface area contributed by atoms with E-state index in [-0.39, 0.29) is 6.04 Å². The number of halogens is 2. The van der Waals surface area contributed by atoms with E-state index < -0.39 is 10.0 Å². The van der Waals surface area contributed by atoms with E-state index in [0.717, 1.165) is 30.4 Å². The summed E-state index contributed by atoms with van der Waals surface area (Å²) in [6.45, 7) is 4.46. The van der Waals surface area contributed by atoms with Crippen LogP contribution in [0.4, 0.5) is 0 Å². The van der Waals surface area contributed by atoms with Gasteiger partial charge in [-0.2, -0.15) is 4.31 Å². The number of nitrogens with zero attached hydrogens (tertiary/aromatic N) is 1. The van der Waals surface area contributed by atoms with Crippen LogP contribution in [-0.2, 0) is 15.9 Å². The lowest BCUT2D eigenvalue weighted by atomic mass is 10.2. The molecule has 0 aromatic heterocycles. The molecule has 0 bridgehead atoms. The molecule has 0 unspecified atom stereocenters. The van der Waals surface area contributed by atoms with Gasteiger partial charge in [0.25, 0.3) is 0 Å². The molecule has 1 saturated carbocycles. The quantitative estimate of drug-likeness (QED) is 0.698. The summed E-state index contributed by atoms with van der Waals surface area (Å²) in [5.41, 5.74) is 1.73. The molecular weight excluding hydrogens is 362 g/mol. The molecule has 0 atom stereocenters. The third kappa shape index (κ3) is 3.21. The average molecular weight is 381 g/mol. The third-order valence-electron chi connectivity index (χ3n) is 3.42. The fourth-order valence-electron chi connectivity index (χ4n) is 2.28. The molecule has 1 aromatic carbocycles. The molecule has 1 fully saturated rings. The van der Waals surface area contributed by atoms with Crippen molar-refractivity contribution in [3.8, 4) is 0 Å². The number of hydrogen-bond acceptors (Lipinski definition) is 2. The molecule has 1 aliphatic carbocycles. The summed E-state index contributed by atoms with van der Waals surface area (Å²) in [4.78, 5) is 0.341. The van der Waals surface area contributed by atoms with E-state index in [4.69, 9.17) is 11.6 Å². The van der Waals surface area contributed by atoms with E-state index in [0.29, 0.717) is 21.8 Å². The van der Waals surface area contributed by atoms with E-state index in [9.17, 15) is 8.42 Å². The summed E-state index contributed by atoms with van der Waals surface area (Å²) < 4.78 is 28.1. The monoisotopic (exact) mass is 379 g/mol. The molecule has 112 valence electrons. The zero-order chi connectivity index (χ0) is 14.9. The van der Waals surface area contributed by atoms with Crippen LogP contribution in [0.15, 0.2) is 21.5 Å². The van der Waals surface area contributed by atoms with Crippen molar-refractivity contribution in [1.82, 2.24) is 4.31 Å². The van der Waals surface area contributed by atoms with Crippen LogP contribution in [0.2, 0.25) is 0 Å². The third-order valence-corrected chi connectivity index (χ3v) is 7.02. The fraction of sp³-hybridized carbons (Fsp3) is 0.571. The van der Waals surface area contributed by atoms with E-state index in [1.807, 2.05) is 19.9 Å². The maximum Gasteiger partial charge on any atom is 0.244 e. The molecule has 20 heavy (non-hydrogen) atoms. The highest BCUT2D eigenvalue weighted by molar-refractivity contribution is 9.10. The first-order chi connectivity index (χ1) is 9.41. The molecule has 0 radical (unpaired) electrons. The molecule has 0 saturated heterocycles. The average Bonchev–Trinajstić information content (AvgIpc) is 3.22. The van der Waals surface area contributed by atoms with Crippen molar-refractivity contribution in [2.24, 2.45) is 0 Å². The largest absolute Gasteiger partial charge is 0.244 e. The van der Waals surface area contributed by atoms with Crippen LogP contribution in [0.3, 0.4) is 0 Å². The fourth-order valence-corrected chi connectivity index (χ4v) is 5.25. The normalized spacial score (nSPS) is 15.8. The molecule has 1 aliphatic rings. The molecular formula is C14H19BrClNO2S. The van der Waals surface area contributed by atoms with Gasteiger partial charge in [0.2, 0.25) is 10.0 Å². The molecule has 0 heterocycles. The number of aryl methyl sites for hydroxylation is 1. The second kappa shape index (κ2) is 6.34. The predicted molar refractivity (Wildman–Crippen MR) is 85.6 cm³/mol. The first kappa shape index (κ1) is 16.3. The Morgan fingerprint density at radius 2 is 2.05 bits per heavy atom. The molecule has 0 spiro atoms. The Hall–Kier alpha value is -0.100. The maximum absolute atomic E-state index is 12.9. The van der Waals surface area contributed by atoms with Crippen LogP contribution in [0.1, 0.15) is 37.3 Å². The van der Waals surface area contributed by atoms with Gasteiger partial charge in [0, 0.05) is 22.9 Å². The van der Waals surface area contributed by atoms with Crippen LogP contribution in [0, 0.1) is 6.92 Å². The number of sulfonamides is 1. The Morgan fingerprint density at radius 3 is 2.55 bits per heavy atom. The molecule has 1 aromatic rings. The second-order valence-corrected chi connectivity index (χ2v) is 8.12. The smallest absolute Gasteiger partial charge is 0.207 e. The van der Waals surface area contributed by atoms with Crippen LogP contribution in [-0.4, -0.2) is 25.3 Å². The van der Waals surface area contributed by atoms with Crippen molar-refractivity contribution in [3.63, 3.8) is 0 Å². The molecule has 2 rings (SSSR count). The Balaban J connectivity index is 2.49. The Labute approximate surface area is 134 Å². The van der Waals surface area contributed by atoms with Crippen molar-refractivity contribution in [2.75, 3.05) is 6.54 Å². The first-order valence-corrected chi connectivity index (χ1v) is 9.55. The number of rotatable bonds is 6. The number of alkyl halides is 1. The lowest BCUT2D eigenvalue weighted by molar-refractivity contribution is 0.403. The highest BCUT2D eigenvalue weighted by Gasteiger charge is 2.38. The van der Waals surface area contributed by atoms with Crippen LogP contribution < -0.4 is 0 Å². The minimum absolute atomic E-state index is 0.173. The van der Waals surface area contributed by atoms with Gasteiger partial charge in [0.05, 0.1) is 4.90 Å². The van der Waals surface area contributed by atoms with Crippen molar-refractivity contribution >= 4 is 37.6 Å². The lowest BCUT2D eigenvalue weighted by Gasteiger charge is -2.22. The van der Waals surface area contributed by atoms with Gasteiger partial charge < -0.3 is 0 Å². The summed E-state index contributed by atoms with van der Waals surface area (Å²) in [5.74, 6) is 0.313. The highest BCUT2D eigenvalue weighted by atomic mass is 79.9. The van der Waals surface area contributed by atoms with Crippen molar-refractivity contribution in [2.45, 2.75) is 49.9 Å². The maximum atomic E-state index is 12.9. The summed E-state index contributed by atoms with van der Waals surface area (Å²) in [6, 6.07) is 3.77. The second-order valence-electron chi connectivity index (χ2n) is 5.21. The minimum Gasteiger partial charge on any atom is -0.207 e. The van der Waals surface area contributed by atoms with Crippen LogP contribution in [0.25, 0.3) is 0 Å². The van der Waals surface area contributed by atoms with Gasteiger partial charge in [0.15, 0.2) is 0 Å². The van der Waals surface area contributed by atoms with Crippen molar-refractivity contribution < 1.29 is 8.42 Å². The van der Waals surface area contributed by atoms with E-state index in [1.165, 1.54) is 0 Å². The van der Waals surface area contributed by atoms with E-state index in [2.05, 4.69) is 15.9 Å². The number of hydrogen-bond donors (Lipinski definition) is 0. The summed E-state index contributed by atoms with van der Waals surface area (Å²) in [5, 5.41) is 0. The van der Waals surface area contributed by atoms with E-state index in [1.54, 1.807) is 10.4 Å². The van der Waals surface area contributed by atoms with E-state index >= 15 is 0 Å². The first-order valence-electron chi connectivity index (χ1n) is 6.78. The topological polar surface area (TPSA) is 37.4 Å². The zero-order valence-corrected chi connectivity index (χ0v) is 14.9. The molecule has 3 nitrogen and oxygen atoms in total. The van der Waals surface area contributed by atoms with Crippen LogP contribution >= 0.6 is 27.5 Å². The lowest BCUT2D eigenvalue weighted by Crippen LogP contribution is -2.34. The van der Waals surface area contributed by atoms with Gasteiger partial charge in [-0.25, -0.2) is 8.42 Å². The summed E-state index contributed by atoms with van der Waals surface area (Å²) in [6.07, 6.45) is 2.75. The van der Waals surface area contributed by atoms with Gasteiger partial charge in [-0.3, -0.25) is 0 Å². The Morgan fingerprint density at radius 1 is 1.40 bits per heavy atom. The molecule has 0 amide bonds. The molecule has 0 aliphatic heterocycles. The van der Waals surface area contributed by atoms with Gasteiger partial charge in [-0.05, 0) is 59.3 Å². The predicted octanol–water partition coefficient (Wildman–Crippen LogP) is 4.06. The molecule has 6 heteroatoms. The van der Waals surface area contributed by atoms with Gasteiger partial charge >= 0.3 is 0 Å². The summed E-state index contributed by atoms with van der Waals surface area (Å²) >= 11 is 9.28. The SMILES string of the molecule is CCCN(C1CC1)S(=O)(=O)c1cc(CCl)cc(C)c1Br. The van der Waals surface area contributed by atoms with Crippen molar-refractivity contribution in [1.29, 1.82) is 0 Å². The van der Waals surface area contributed by atoms with Gasteiger partial charge in [0.1, 0.15) is 0 Å². The molecule has 0 N–H and O–H groups in total. The highest BCUT2D eigenvalue weighted by Crippen LogP contribution is 2.36. The van der Waals surface area contributed by atoms with Crippen LogP contribution in [0.5, 0.6) is 0 Å². The Kier molecular flexibility index (Phi) is 5.16. The van der Waals surface area contributed by atoms with Gasteiger partial charge in [-0.15, -0.1) is 11.6 Å². The standard InChI is InChI=1S/C14H19BrClNO2S/c1-3-6-17(12-4-5-12)20(18,19)13-8-11(9-16)7-10(2)14(13)15/h7-8,12H,3-6,9H2,1-2H3.